The van der Waals surface area contributed by atoms with Crippen molar-refractivity contribution in [1.29, 1.82) is 0 Å². The number of benzene rings is 2. The molecule has 0 atom stereocenters. The van der Waals surface area contributed by atoms with Gasteiger partial charge in [-0.25, -0.2) is 8.42 Å². The van der Waals surface area contributed by atoms with E-state index in [9.17, 15) is 8.42 Å². The predicted octanol–water partition coefficient (Wildman–Crippen LogP) is 4.20. The number of rotatable bonds is 10. The number of piperazine rings is 1. The van der Waals surface area contributed by atoms with Gasteiger partial charge in [0.2, 0.25) is 15.8 Å². The Bertz CT molecular complexity index is 1360. The second kappa shape index (κ2) is 12.1. The Hall–Kier alpha value is -3.57. The molecule has 0 spiro atoms. The Labute approximate surface area is 230 Å². The van der Waals surface area contributed by atoms with Crippen LogP contribution in [-0.2, 0) is 10.0 Å². The summed E-state index contributed by atoms with van der Waals surface area (Å²) in [5, 5.41) is 8.83. The normalized spacial score (nSPS) is 14.4. The first kappa shape index (κ1) is 28.4. The Morgan fingerprint density at radius 3 is 2.03 bits per heavy atom. The smallest absolute Gasteiger partial charge is 0.246 e. The minimum absolute atomic E-state index is 0.202. The van der Waals surface area contributed by atoms with Gasteiger partial charge in [0.05, 0.1) is 33.6 Å². The molecule has 0 N–H and O–H groups in total. The van der Waals surface area contributed by atoms with E-state index in [1.54, 1.807) is 33.5 Å². The van der Waals surface area contributed by atoms with Crippen LogP contribution < -0.4 is 23.8 Å². The molecule has 1 saturated heterocycles. The highest BCUT2D eigenvalue weighted by atomic mass is 32.2. The van der Waals surface area contributed by atoms with Crippen LogP contribution in [0.3, 0.4) is 0 Å². The van der Waals surface area contributed by atoms with Crippen LogP contribution in [0.15, 0.2) is 47.4 Å². The molecule has 0 amide bonds. The van der Waals surface area contributed by atoms with Gasteiger partial charge in [0.15, 0.2) is 17.3 Å². The molecular formula is C28H36N4O6S. The summed E-state index contributed by atoms with van der Waals surface area (Å²) in [6.45, 7) is 7.96. The van der Waals surface area contributed by atoms with Crippen LogP contribution in [0.25, 0.3) is 11.3 Å². The lowest BCUT2D eigenvalue weighted by atomic mass is 10.0. The molecule has 3 aromatic rings. The molecule has 0 radical (unpaired) electrons. The molecule has 0 aliphatic carbocycles. The summed E-state index contributed by atoms with van der Waals surface area (Å²) in [5.74, 6) is 2.83. The van der Waals surface area contributed by atoms with Gasteiger partial charge in [-0.3, -0.25) is 0 Å². The lowest BCUT2D eigenvalue weighted by molar-refractivity contribution is 0.324. The summed E-state index contributed by atoms with van der Waals surface area (Å²) >= 11 is 0. The number of anilines is 1. The van der Waals surface area contributed by atoms with Crippen molar-refractivity contribution in [3.63, 3.8) is 0 Å². The fourth-order valence-corrected chi connectivity index (χ4v) is 6.12. The summed E-state index contributed by atoms with van der Waals surface area (Å²) in [4.78, 5) is 2.25. The molecule has 2 aromatic carbocycles. The fourth-order valence-electron chi connectivity index (χ4n) is 4.53. The zero-order valence-corrected chi connectivity index (χ0v) is 24.1. The Morgan fingerprint density at radius 2 is 1.51 bits per heavy atom. The first-order chi connectivity index (χ1) is 18.7. The summed E-state index contributed by atoms with van der Waals surface area (Å²) in [5.41, 5.74) is 2.37. The van der Waals surface area contributed by atoms with Crippen LogP contribution in [0.2, 0.25) is 0 Å². The molecule has 1 aliphatic heterocycles. The van der Waals surface area contributed by atoms with E-state index in [0.717, 1.165) is 11.1 Å². The van der Waals surface area contributed by atoms with Gasteiger partial charge in [-0.1, -0.05) is 19.9 Å². The van der Waals surface area contributed by atoms with Gasteiger partial charge in [0.25, 0.3) is 0 Å². The predicted molar refractivity (Wildman–Crippen MR) is 150 cm³/mol. The number of aromatic nitrogens is 2. The summed E-state index contributed by atoms with van der Waals surface area (Å²) in [7, 11) is 0.957. The monoisotopic (exact) mass is 556 g/mol. The molecule has 10 nitrogen and oxygen atoms in total. The maximum Gasteiger partial charge on any atom is 0.246 e. The highest BCUT2D eigenvalue weighted by Crippen LogP contribution is 2.41. The topological polar surface area (TPSA) is 103 Å². The third-order valence-corrected chi connectivity index (χ3v) is 8.65. The summed E-state index contributed by atoms with van der Waals surface area (Å²) in [6.07, 6.45) is 0. The van der Waals surface area contributed by atoms with Crippen molar-refractivity contribution in [2.75, 3.05) is 59.0 Å². The van der Waals surface area contributed by atoms with E-state index < -0.39 is 10.0 Å². The van der Waals surface area contributed by atoms with Crippen molar-refractivity contribution >= 4 is 15.8 Å². The zero-order valence-electron chi connectivity index (χ0n) is 23.3. The summed E-state index contributed by atoms with van der Waals surface area (Å²) in [6, 6.07) is 12.8. The fraction of sp³-hybridized carbons (Fsp3) is 0.429. The van der Waals surface area contributed by atoms with E-state index >= 15 is 0 Å². The quantitative estimate of drug-likeness (QED) is 0.363. The van der Waals surface area contributed by atoms with Crippen molar-refractivity contribution in [1.82, 2.24) is 14.5 Å². The lowest BCUT2D eigenvalue weighted by Gasteiger charge is -2.34. The number of sulfonamides is 1. The molecule has 11 heteroatoms. The summed E-state index contributed by atoms with van der Waals surface area (Å²) < 4.78 is 50.7. The van der Waals surface area contributed by atoms with Gasteiger partial charge in [0.1, 0.15) is 10.6 Å². The van der Waals surface area contributed by atoms with E-state index in [1.165, 1.54) is 4.31 Å². The van der Waals surface area contributed by atoms with Gasteiger partial charge in [-0.15, -0.1) is 10.2 Å². The van der Waals surface area contributed by atoms with Crippen LogP contribution >= 0.6 is 0 Å². The van der Waals surface area contributed by atoms with Crippen LogP contribution in [0.5, 0.6) is 23.0 Å². The lowest BCUT2D eigenvalue weighted by Crippen LogP contribution is -2.49. The number of hydrogen-bond acceptors (Lipinski definition) is 9. The van der Waals surface area contributed by atoms with Gasteiger partial charge >= 0.3 is 0 Å². The molecule has 210 valence electrons. The average molecular weight is 557 g/mol. The first-order valence-corrected chi connectivity index (χ1v) is 14.3. The number of hydrogen-bond donors (Lipinski definition) is 0. The maximum atomic E-state index is 13.6. The second-order valence-corrected chi connectivity index (χ2v) is 11.3. The SMILES string of the molecule is CCOc1ccc(C(C)C)cc1S(=O)(=O)N1CCN(c2ccc(-c3cc(OC)c(OC)c(OC)c3)nn2)CC1. The second-order valence-electron chi connectivity index (χ2n) is 9.38. The van der Waals surface area contributed by atoms with E-state index in [4.69, 9.17) is 18.9 Å². The molecule has 39 heavy (non-hydrogen) atoms. The maximum absolute atomic E-state index is 13.6. The van der Waals surface area contributed by atoms with Crippen molar-refractivity contribution in [2.24, 2.45) is 0 Å². The Morgan fingerprint density at radius 1 is 0.846 bits per heavy atom. The molecule has 1 fully saturated rings. The van der Waals surface area contributed by atoms with E-state index in [-0.39, 0.29) is 10.8 Å². The standard InChI is InChI=1S/C28H36N4O6S/c1-7-38-23-10-8-20(19(2)3)18-26(23)39(33,34)32-14-12-31(13-15-32)27-11-9-22(29-30-27)21-16-24(35-4)28(37-6)25(17-21)36-5/h8-11,16-19H,7,12-15H2,1-6H3. The van der Waals surface area contributed by atoms with Crippen molar-refractivity contribution in [3.8, 4) is 34.3 Å². The van der Waals surface area contributed by atoms with E-state index in [2.05, 4.69) is 10.2 Å². The van der Waals surface area contributed by atoms with Crippen LogP contribution in [0.1, 0.15) is 32.3 Å². The zero-order chi connectivity index (χ0) is 28.2. The third kappa shape index (κ3) is 5.89. The van der Waals surface area contributed by atoms with Crippen molar-refractivity contribution < 1.29 is 27.4 Å². The van der Waals surface area contributed by atoms with Crippen molar-refractivity contribution in [2.45, 2.75) is 31.6 Å². The minimum Gasteiger partial charge on any atom is -0.493 e. The van der Waals surface area contributed by atoms with Gasteiger partial charge in [-0.2, -0.15) is 4.31 Å². The van der Waals surface area contributed by atoms with Crippen LogP contribution in [-0.4, -0.2) is 77.0 Å². The van der Waals surface area contributed by atoms with Crippen molar-refractivity contribution in [3.05, 3.63) is 48.0 Å². The Balaban J connectivity index is 1.50. The minimum atomic E-state index is -3.73. The Kier molecular flexibility index (Phi) is 8.81. The van der Waals surface area contributed by atoms with Gasteiger partial charge in [-0.05, 0) is 54.8 Å². The molecule has 1 aromatic heterocycles. The molecule has 0 saturated carbocycles. The molecule has 0 bridgehead atoms. The molecule has 4 rings (SSSR count). The molecular weight excluding hydrogens is 520 g/mol. The first-order valence-electron chi connectivity index (χ1n) is 12.9. The molecule has 1 aliphatic rings. The number of methoxy groups -OCH3 is 3. The largest absolute Gasteiger partial charge is 0.493 e. The molecule has 2 heterocycles. The molecule has 0 unspecified atom stereocenters. The van der Waals surface area contributed by atoms with Gasteiger partial charge in [0, 0.05) is 31.7 Å². The van der Waals surface area contributed by atoms with Crippen LogP contribution in [0, 0.1) is 0 Å². The number of nitrogens with zero attached hydrogens (tertiary/aromatic N) is 4. The van der Waals surface area contributed by atoms with Crippen LogP contribution in [0.4, 0.5) is 5.82 Å². The van der Waals surface area contributed by atoms with Gasteiger partial charge < -0.3 is 23.8 Å². The highest BCUT2D eigenvalue weighted by molar-refractivity contribution is 7.89. The third-order valence-electron chi connectivity index (χ3n) is 6.73. The highest BCUT2D eigenvalue weighted by Gasteiger charge is 2.32. The van der Waals surface area contributed by atoms with E-state index in [0.29, 0.717) is 67.3 Å². The number of ether oxygens (including phenoxy) is 4. The average Bonchev–Trinajstić information content (AvgIpc) is 2.96. The van der Waals surface area contributed by atoms with E-state index in [1.807, 2.05) is 56.0 Å².